The molecule has 2 aliphatic rings. The summed E-state index contributed by atoms with van der Waals surface area (Å²) in [5.74, 6) is 1.29. The van der Waals surface area contributed by atoms with Crippen molar-refractivity contribution in [2.45, 2.75) is 58.5 Å². The van der Waals surface area contributed by atoms with Crippen molar-refractivity contribution in [3.8, 4) is 0 Å². The summed E-state index contributed by atoms with van der Waals surface area (Å²) >= 11 is 0. The second kappa shape index (κ2) is 6.73. The Bertz CT molecular complexity index is 602. The number of piperidine rings is 1. The van der Waals surface area contributed by atoms with Gasteiger partial charge in [0, 0.05) is 31.1 Å². The molecule has 1 saturated heterocycles. The molecule has 1 unspecified atom stereocenters. The maximum Gasteiger partial charge on any atom is 0.202 e. The van der Waals surface area contributed by atoms with Gasteiger partial charge in [0.05, 0.1) is 11.7 Å². The molecular weight excluding hydrogens is 286 g/mol. The minimum absolute atomic E-state index is 0.0955. The normalized spacial score (nSPS) is 21.2. The first-order valence-electron chi connectivity index (χ1n) is 8.78. The first-order chi connectivity index (χ1) is 11.1. The van der Waals surface area contributed by atoms with Crippen LogP contribution in [0.4, 0.5) is 5.69 Å². The summed E-state index contributed by atoms with van der Waals surface area (Å²) < 4.78 is 0. The molecular formula is C19H27N3O. The Hall–Kier alpha value is -1.84. The Morgan fingerprint density at radius 1 is 1.22 bits per heavy atom. The fourth-order valence-electron chi connectivity index (χ4n) is 3.73. The Morgan fingerprint density at radius 2 is 1.91 bits per heavy atom. The second-order valence-corrected chi connectivity index (χ2v) is 6.94. The molecule has 0 N–H and O–H groups in total. The van der Waals surface area contributed by atoms with E-state index in [-0.39, 0.29) is 11.8 Å². The highest BCUT2D eigenvalue weighted by Gasteiger charge is 2.35. The van der Waals surface area contributed by atoms with Gasteiger partial charge in [-0.3, -0.25) is 4.79 Å². The molecule has 4 heteroatoms. The van der Waals surface area contributed by atoms with Crippen molar-refractivity contribution in [3.63, 3.8) is 0 Å². The van der Waals surface area contributed by atoms with Crippen molar-refractivity contribution in [1.82, 2.24) is 9.80 Å². The van der Waals surface area contributed by atoms with E-state index >= 15 is 0 Å². The zero-order valence-electron chi connectivity index (χ0n) is 14.5. The van der Waals surface area contributed by atoms with Crippen molar-refractivity contribution in [2.75, 3.05) is 13.1 Å². The Morgan fingerprint density at radius 3 is 2.57 bits per heavy atom. The molecule has 0 aromatic heterocycles. The number of hydrogen-bond acceptors (Lipinski definition) is 4. The number of guanidine groups is 1. The van der Waals surface area contributed by atoms with E-state index in [1.165, 1.54) is 24.8 Å². The number of aliphatic imine (C=N–C) groups is 1. The van der Waals surface area contributed by atoms with Crippen LogP contribution in [0, 0.1) is 0 Å². The van der Waals surface area contributed by atoms with Gasteiger partial charge in [0.25, 0.3) is 0 Å². The highest BCUT2D eigenvalue weighted by Crippen LogP contribution is 2.39. The van der Waals surface area contributed by atoms with Crippen molar-refractivity contribution in [1.29, 1.82) is 0 Å². The van der Waals surface area contributed by atoms with Crippen LogP contribution in [0.15, 0.2) is 29.3 Å². The van der Waals surface area contributed by atoms with E-state index in [1.54, 1.807) is 6.92 Å². The number of para-hydroxylation sites is 1. The van der Waals surface area contributed by atoms with Gasteiger partial charge in [-0.15, -0.1) is 0 Å². The number of ketones is 1. The number of carbonyl (C=O) groups is 1. The van der Waals surface area contributed by atoms with Crippen LogP contribution in [-0.4, -0.2) is 40.7 Å². The van der Waals surface area contributed by atoms with Crippen molar-refractivity contribution >= 4 is 17.4 Å². The quantitative estimate of drug-likeness (QED) is 0.849. The average molecular weight is 313 g/mol. The third kappa shape index (κ3) is 3.26. The Balaban J connectivity index is 2.05. The molecule has 23 heavy (non-hydrogen) atoms. The third-order valence-corrected chi connectivity index (χ3v) is 4.76. The van der Waals surface area contributed by atoms with E-state index in [9.17, 15) is 4.79 Å². The molecule has 0 bridgehead atoms. The molecule has 1 atom stereocenters. The van der Waals surface area contributed by atoms with E-state index in [1.807, 2.05) is 12.1 Å². The fraction of sp³-hybridized carbons (Fsp3) is 0.579. The van der Waals surface area contributed by atoms with Gasteiger partial charge in [0.2, 0.25) is 5.96 Å². The number of rotatable bonds is 3. The predicted octanol–water partition coefficient (Wildman–Crippen LogP) is 3.90. The lowest BCUT2D eigenvalue weighted by molar-refractivity contribution is -0.118. The minimum Gasteiger partial charge on any atom is -0.342 e. The Kier molecular flexibility index (Phi) is 4.69. The van der Waals surface area contributed by atoms with Gasteiger partial charge < -0.3 is 9.80 Å². The van der Waals surface area contributed by atoms with Crippen LogP contribution < -0.4 is 0 Å². The summed E-state index contributed by atoms with van der Waals surface area (Å²) in [4.78, 5) is 21.6. The van der Waals surface area contributed by atoms with Gasteiger partial charge in [-0.2, -0.15) is 0 Å². The molecule has 0 spiro atoms. The maximum atomic E-state index is 11.9. The molecule has 2 aliphatic heterocycles. The van der Waals surface area contributed by atoms with Crippen LogP contribution in [0.5, 0.6) is 0 Å². The minimum atomic E-state index is 0.0955. The van der Waals surface area contributed by atoms with Crippen molar-refractivity contribution in [2.24, 2.45) is 4.99 Å². The number of likely N-dealkylation sites (tertiary alicyclic amines) is 1. The van der Waals surface area contributed by atoms with E-state index in [0.717, 1.165) is 24.7 Å². The zero-order valence-corrected chi connectivity index (χ0v) is 14.5. The van der Waals surface area contributed by atoms with Crippen LogP contribution in [0.25, 0.3) is 0 Å². The molecule has 3 rings (SSSR count). The zero-order chi connectivity index (χ0) is 16.4. The molecule has 1 aromatic carbocycles. The van der Waals surface area contributed by atoms with Crippen LogP contribution in [0.1, 0.15) is 58.1 Å². The van der Waals surface area contributed by atoms with Gasteiger partial charge in [-0.1, -0.05) is 18.2 Å². The van der Waals surface area contributed by atoms with Crippen molar-refractivity contribution in [3.05, 3.63) is 29.8 Å². The number of carbonyl (C=O) groups excluding carboxylic acids is 1. The standard InChI is InChI=1S/C19H27N3O/c1-14(2)22-18(13-15(3)23)16-9-5-6-10-17(16)20-19(22)21-11-7-4-8-12-21/h5-6,9-10,14,18H,4,7-8,11-13H2,1-3H3. The fourth-order valence-corrected chi connectivity index (χ4v) is 3.73. The molecule has 2 heterocycles. The van der Waals surface area contributed by atoms with Gasteiger partial charge in [0.1, 0.15) is 5.78 Å². The SMILES string of the molecule is CC(=O)CC1c2ccccc2N=C(N2CCCCC2)N1C(C)C. The number of Topliss-reactive ketones (excluding diaryl/α,β-unsaturated/α-hetero) is 1. The monoisotopic (exact) mass is 313 g/mol. The van der Waals surface area contributed by atoms with Crippen LogP contribution in [0.3, 0.4) is 0 Å². The topological polar surface area (TPSA) is 35.9 Å². The molecule has 0 aliphatic carbocycles. The van der Waals surface area contributed by atoms with Crippen molar-refractivity contribution < 1.29 is 4.79 Å². The maximum absolute atomic E-state index is 11.9. The molecule has 1 fully saturated rings. The predicted molar refractivity (Wildman–Crippen MR) is 94.0 cm³/mol. The first kappa shape index (κ1) is 16.0. The lowest BCUT2D eigenvalue weighted by Crippen LogP contribution is -2.52. The summed E-state index contributed by atoms with van der Waals surface area (Å²) in [5, 5.41) is 0. The number of benzene rings is 1. The second-order valence-electron chi connectivity index (χ2n) is 6.94. The molecule has 0 radical (unpaired) electrons. The summed E-state index contributed by atoms with van der Waals surface area (Å²) in [5.41, 5.74) is 2.20. The lowest BCUT2D eigenvalue weighted by Gasteiger charge is -2.45. The lowest BCUT2D eigenvalue weighted by atomic mass is 9.95. The highest BCUT2D eigenvalue weighted by atomic mass is 16.1. The molecule has 1 aromatic rings. The van der Waals surface area contributed by atoms with E-state index < -0.39 is 0 Å². The van der Waals surface area contributed by atoms with Crippen LogP contribution in [0.2, 0.25) is 0 Å². The molecule has 0 saturated carbocycles. The van der Waals surface area contributed by atoms with Gasteiger partial charge in [-0.25, -0.2) is 4.99 Å². The summed E-state index contributed by atoms with van der Waals surface area (Å²) in [7, 11) is 0. The average Bonchev–Trinajstić information content (AvgIpc) is 2.54. The third-order valence-electron chi connectivity index (χ3n) is 4.76. The van der Waals surface area contributed by atoms with Crippen LogP contribution >= 0.6 is 0 Å². The first-order valence-corrected chi connectivity index (χ1v) is 8.78. The van der Waals surface area contributed by atoms with Gasteiger partial charge in [-0.05, 0) is 46.1 Å². The van der Waals surface area contributed by atoms with Gasteiger partial charge in [0.15, 0.2) is 0 Å². The number of fused-ring (bicyclic) bond motifs is 1. The van der Waals surface area contributed by atoms with E-state index in [0.29, 0.717) is 12.5 Å². The van der Waals surface area contributed by atoms with Crippen LogP contribution in [-0.2, 0) is 4.79 Å². The number of hydrogen-bond donors (Lipinski definition) is 0. The summed E-state index contributed by atoms with van der Waals surface area (Å²) in [6.45, 7) is 8.21. The Labute approximate surface area is 139 Å². The smallest absolute Gasteiger partial charge is 0.202 e. The molecule has 124 valence electrons. The number of nitrogens with zero attached hydrogens (tertiary/aromatic N) is 3. The van der Waals surface area contributed by atoms with E-state index in [2.05, 4.69) is 35.8 Å². The molecule has 4 nitrogen and oxygen atoms in total. The highest BCUT2D eigenvalue weighted by molar-refractivity contribution is 5.87. The van der Waals surface area contributed by atoms with E-state index in [4.69, 9.17) is 4.99 Å². The van der Waals surface area contributed by atoms with Gasteiger partial charge >= 0.3 is 0 Å². The summed E-state index contributed by atoms with van der Waals surface area (Å²) in [6.07, 6.45) is 4.30. The largest absolute Gasteiger partial charge is 0.342 e. The summed E-state index contributed by atoms with van der Waals surface area (Å²) in [6, 6.07) is 8.68. The molecule has 0 amide bonds.